The molecule has 0 bridgehead atoms. The number of hydrogen-bond donors (Lipinski definition) is 3. The fraction of sp³-hybridized carbons (Fsp3) is 0.875. The highest BCUT2D eigenvalue weighted by Gasteiger charge is 2.07. The van der Waals surface area contributed by atoms with Gasteiger partial charge in [0.2, 0.25) is 5.91 Å². The summed E-state index contributed by atoms with van der Waals surface area (Å²) in [5, 5.41) is 11.7. The Morgan fingerprint density at radius 1 is 1.50 bits per heavy atom. The highest BCUT2D eigenvalue weighted by Crippen LogP contribution is 1.92. The molecule has 12 heavy (non-hydrogen) atoms. The predicted molar refractivity (Wildman–Crippen MR) is 47.5 cm³/mol. The third kappa shape index (κ3) is 5.09. The largest absolute Gasteiger partial charge is 0.396 e. The van der Waals surface area contributed by atoms with E-state index >= 15 is 0 Å². The molecule has 0 radical (unpaired) electrons. The van der Waals surface area contributed by atoms with Gasteiger partial charge in [0.15, 0.2) is 0 Å². The minimum absolute atomic E-state index is 0.143. The van der Waals surface area contributed by atoms with E-state index in [1.54, 1.807) is 6.92 Å². The zero-order valence-corrected chi connectivity index (χ0v) is 7.71. The van der Waals surface area contributed by atoms with E-state index in [2.05, 4.69) is 5.32 Å². The van der Waals surface area contributed by atoms with Crippen LogP contribution in [0.1, 0.15) is 13.8 Å². The van der Waals surface area contributed by atoms with Gasteiger partial charge in [-0.3, -0.25) is 4.79 Å². The second kappa shape index (κ2) is 5.97. The Hall–Kier alpha value is -0.610. The van der Waals surface area contributed by atoms with Crippen molar-refractivity contribution < 1.29 is 9.90 Å². The molecule has 1 amide bonds. The molecule has 4 heteroatoms. The van der Waals surface area contributed by atoms with E-state index in [1.807, 2.05) is 6.92 Å². The maximum atomic E-state index is 10.6. The van der Waals surface area contributed by atoms with Crippen LogP contribution < -0.4 is 11.1 Å². The van der Waals surface area contributed by atoms with Crippen LogP contribution in [-0.2, 0) is 4.79 Å². The Labute approximate surface area is 73.1 Å². The normalized spacial score (nSPS) is 15.6. The zero-order valence-electron chi connectivity index (χ0n) is 7.71. The highest BCUT2D eigenvalue weighted by molar-refractivity contribution is 5.76. The van der Waals surface area contributed by atoms with Crippen molar-refractivity contribution in [1.82, 2.24) is 5.32 Å². The Bertz CT molecular complexity index is 139. The van der Waals surface area contributed by atoms with Gasteiger partial charge < -0.3 is 16.2 Å². The average molecular weight is 174 g/mol. The van der Waals surface area contributed by atoms with Crippen LogP contribution in [-0.4, -0.2) is 30.7 Å². The van der Waals surface area contributed by atoms with Gasteiger partial charge in [0.1, 0.15) is 0 Å². The summed E-state index contributed by atoms with van der Waals surface area (Å²) < 4.78 is 0. The van der Waals surface area contributed by atoms with Crippen LogP contribution in [0.4, 0.5) is 0 Å². The number of aliphatic hydroxyl groups is 1. The molecule has 4 nitrogen and oxygen atoms in total. The standard InChI is InChI=1S/C8H18N2O2/c1-6(5-11)3-10-4-7(2)8(9)12/h6-7,10-11H,3-5H2,1-2H3,(H2,9,12). The minimum atomic E-state index is -0.292. The van der Waals surface area contributed by atoms with Crippen molar-refractivity contribution in [2.45, 2.75) is 13.8 Å². The SMILES string of the molecule is CC(CO)CNCC(C)C(N)=O. The molecular weight excluding hydrogens is 156 g/mol. The average Bonchev–Trinajstić information content (AvgIpc) is 2.03. The van der Waals surface area contributed by atoms with Gasteiger partial charge in [-0.1, -0.05) is 13.8 Å². The quantitative estimate of drug-likeness (QED) is 0.499. The number of carbonyl (C=O) groups is 1. The van der Waals surface area contributed by atoms with Gasteiger partial charge in [0.25, 0.3) is 0 Å². The lowest BCUT2D eigenvalue weighted by atomic mass is 10.1. The van der Waals surface area contributed by atoms with Gasteiger partial charge in [-0.15, -0.1) is 0 Å². The Balaban J connectivity index is 3.37. The molecule has 0 aromatic rings. The number of carbonyl (C=O) groups excluding carboxylic acids is 1. The van der Waals surface area contributed by atoms with Crippen molar-refractivity contribution in [2.24, 2.45) is 17.6 Å². The number of nitrogens with two attached hydrogens (primary N) is 1. The number of rotatable bonds is 6. The van der Waals surface area contributed by atoms with Crippen molar-refractivity contribution in [3.63, 3.8) is 0 Å². The number of nitrogens with one attached hydrogen (secondary N) is 1. The summed E-state index contributed by atoms with van der Waals surface area (Å²) in [6, 6.07) is 0. The van der Waals surface area contributed by atoms with Gasteiger partial charge in [0.05, 0.1) is 0 Å². The molecule has 0 aliphatic rings. The van der Waals surface area contributed by atoms with Crippen molar-refractivity contribution in [3.8, 4) is 0 Å². The molecule has 0 heterocycles. The van der Waals surface area contributed by atoms with Crippen LogP contribution in [0.15, 0.2) is 0 Å². The van der Waals surface area contributed by atoms with Crippen LogP contribution in [0.2, 0.25) is 0 Å². The van der Waals surface area contributed by atoms with E-state index in [-0.39, 0.29) is 24.3 Å². The molecule has 0 aromatic heterocycles. The third-order valence-electron chi connectivity index (χ3n) is 1.74. The minimum Gasteiger partial charge on any atom is -0.396 e. The summed E-state index contributed by atoms with van der Waals surface area (Å²) in [7, 11) is 0. The topological polar surface area (TPSA) is 75.3 Å². The summed E-state index contributed by atoms with van der Waals surface area (Å²) in [4.78, 5) is 10.6. The number of aliphatic hydroxyl groups excluding tert-OH is 1. The van der Waals surface area contributed by atoms with E-state index in [4.69, 9.17) is 10.8 Å². The predicted octanol–water partition coefficient (Wildman–Crippen LogP) is -0.674. The van der Waals surface area contributed by atoms with Crippen molar-refractivity contribution in [2.75, 3.05) is 19.7 Å². The molecule has 0 aliphatic carbocycles. The van der Waals surface area contributed by atoms with Crippen LogP contribution in [0, 0.1) is 11.8 Å². The Morgan fingerprint density at radius 3 is 2.50 bits per heavy atom. The molecule has 0 saturated carbocycles. The molecule has 2 atom stereocenters. The second-order valence-electron chi connectivity index (χ2n) is 3.25. The van der Waals surface area contributed by atoms with Crippen LogP contribution >= 0.6 is 0 Å². The first-order valence-corrected chi connectivity index (χ1v) is 4.18. The van der Waals surface area contributed by atoms with Crippen LogP contribution in [0.25, 0.3) is 0 Å². The zero-order chi connectivity index (χ0) is 9.56. The molecule has 0 fully saturated rings. The summed E-state index contributed by atoms with van der Waals surface area (Å²) in [5.74, 6) is -0.208. The molecule has 0 aliphatic heterocycles. The molecule has 0 spiro atoms. The molecule has 0 rings (SSSR count). The van der Waals surface area contributed by atoms with Crippen molar-refractivity contribution in [3.05, 3.63) is 0 Å². The molecule has 72 valence electrons. The van der Waals surface area contributed by atoms with Crippen molar-refractivity contribution in [1.29, 1.82) is 0 Å². The third-order valence-corrected chi connectivity index (χ3v) is 1.74. The molecular formula is C8H18N2O2. The number of primary amides is 1. The highest BCUT2D eigenvalue weighted by atomic mass is 16.3. The smallest absolute Gasteiger partial charge is 0.221 e. The number of hydrogen-bond acceptors (Lipinski definition) is 3. The van der Waals surface area contributed by atoms with Gasteiger partial charge in [-0.2, -0.15) is 0 Å². The maximum Gasteiger partial charge on any atom is 0.221 e. The monoisotopic (exact) mass is 174 g/mol. The fourth-order valence-corrected chi connectivity index (χ4v) is 0.711. The maximum absolute atomic E-state index is 10.6. The summed E-state index contributed by atoms with van der Waals surface area (Å²) >= 11 is 0. The van der Waals surface area contributed by atoms with E-state index in [1.165, 1.54) is 0 Å². The van der Waals surface area contributed by atoms with Gasteiger partial charge in [-0.05, 0) is 12.5 Å². The lowest BCUT2D eigenvalue weighted by molar-refractivity contribution is -0.121. The van der Waals surface area contributed by atoms with Crippen LogP contribution in [0.3, 0.4) is 0 Å². The van der Waals surface area contributed by atoms with E-state index in [9.17, 15) is 4.79 Å². The molecule has 0 saturated heterocycles. The molecule has 0 aromatic carbocycles. The first kappa shape index (κ1) is 11.4. The Morgan fingerprint density at radius 2 is 2.08 bits per heavy atom. The first-order chi connectivity index (χ1) is 5.57. The van der Waals surface area contributed by atoms with Gasteiger partial charge >= 0.3 is 0 Å². The molecule has 4 N–H and O–H groups in total. The number of amides is 1. The second-order valence-corrected chi connectivity index (χ2v) is 3.25. The fourth-order valence-electron chi connectivity index (χ4n) is 0.711. The lowest BCUT2D eigenvalue weighted by Crippen LogP contribution is -2.33. The first-order valence-electron chi connectivity index (χ1n) is 4.18. The van der Waals surface area contributed by atoms with E-state index < -0.39 is 0 Å². The summed E-state index contributed by atoms with van der Waals surface area (Å²) in [6.45, 7) is 5.17. The summed E-state index contributed by atoms with van der Waals surface area (Å²) in [5.41, 5.74) is 5.06. The molecule has 2 unspecified atom stereocenters. The van der Waals surface area contributed by atoms with Crippen molar-refractivity contribution >= 4 is 5.91 Å². The van der Waals surface area contributed by atoms with E-state index in [0.717, 1.165) is 0 Å². The Kier molecular flexibility index (Phi) is 5.66. The van der Waals surface area contributed by atoms with E-state index in [0.29, 0.717) is 13.1 Å². The summed E-state index contributed by atoms with van der Waals surface area (Å²) in [6.07, 6.45) is 0. The van der Waals surface area contributed by atoms with Gasteiger partial charge in [-0.25, -0.2) is 0 Å². The lowest BCUT2D eigenvalue weighted by Gasteiger charge is -2.11. The van der Waals surface area contributed by atoms with Gasteiger partial charge in [0, 0.05) is 19.1 Å². The van der Waals surface area contributed by atoms with Crippen LogP contribution in [0.5, 0.6) is 0 Å².